The van der Waals surface area contributed by atoms with E-state index in [9.17, 15) is 13.2 Å². The minimum absolute atomic E-state index is 0.0708. The van der Waals surface area contributed by atoms with E-state index in [0.29, 0.717) is 27.1 Å². The van der Waals surface area contributed by atoms with Gasteiger partial charge in [0.1, 0.15) is 18.0 Å². The summed E-state index contributed by atoms with van der Waals surface area (Å²) >= 11 is 12.0. The number of hydrogen-bond donors (Lipinski definition) is 1. The lowest BCUT2D eigenvalue weighted by atomic mass is 10.2. The number of sulfonamides is 1. The van der Waals surface area contributed by atoms with Crippen LogP contribution in [0.5, 0.6) is 23.0 Å². The maximum absolute atomic E-state index is 13.9. The van der Waals surface area contributed by atoms with Gasteiger partial charge in [-0.2, -0.15) is 5.10 Å². The number of carbonyl (C=O) groups excluding carboxylic acids is 1. The molecule has 0 aliphatic rings. The Hall–Kier alpha value is -3.67. The van der Waals surface area contributed by atoms with Crippen molar-refractivity contribution in [3.63, 3.8) is 0 Å². The van der Waals surface area contributed by atoms with Gasteiger partial charge >= 0.3 is 0 Å². The Bertz CT molecular complexity index is 1450. The molecule has 0 bridgehead atoms. The normalized spacial score (nSPS) is 11.2. The Morgan fingerprint density at radius 3 is 2.21 bits per heavy atom. The van der Waals surface area contributed by atoms with Crippen LogP contribution in [-0.4, -0.2) is 55.5 Å². The number of nitrogens with zero attached hydrogens (tertiary/aromatic N) is 2. The summed E-state index contributed by atoms with van der Waals surface area (Å²) in [7, 11) is 1.29. The molecule has 3 aromatic carbocycles. The lowest BCUT2D eigenvalue weighted by molar-refractivity contribution is -0.119. The van der Waals surface area contributed by atoms with Gasteiger partial charge in [-0.25, -0.2) is 13.8 Å². The average Bonchev–Trinajstić information content (AvgIpc) is 2.91. The number of hydrogen-bond acceptors (Lipinski definition) is 8. The summed E-state index contributed by atoms with van der Waals surface area (Å²) in [4.78, 5) is 12.8. The largest absolute Gasteiger partial charge is 0.497 e. The molecule has 0 radical (unpaired) electrons. The van der Waals surface area contributed by atoms with Gasteiger partial charge in [0.2, 0.25) is 0 Å². The first kappa shape index (κ1) is 28.9. The third-order valence-corrected chi connectivity index (χ3v) is 7.56. The number of rotatable bonds is 11. The van der Waals surface area contributed by atoms with Crippen LogP contribution in [0.25, 0.3) is 0 Å². The van der Waals surface area contributed by atoms with Crippen molar-refractivity contribution in [2.75, 3.05) is 39.3 Å². The van der Waals surface area contributed by atoms with E-state index in [-0.39, 0.29) is 22.1 Å². The molecule has 13 heteroatoms. The third kappa shape index (κ3) is 6.60. The second-order valence-corrected chi connectivity index (χ2v) is 10.2. The highest BCUT2D eigenvalue weighted by Crippen LogP contribution is 2.37. The quantitative estimate of drug-likeness (QED) is 0.264. The standard InChI is InChI=1S/C25H25Cl2N3O7S/c1-34-18-7-9-22(35-2)21(12-18)30(38(32,33)19-8-10-23(36-3)24(13-19)37-4)15-25(31)29-28-14-16-5-6-17(26)11-20(16)27/h5-14H,15H2,1-4H3,(H,29,31)/b28-14+. The fourth-order valence-electron chi connectivity index (χ4n) is 3.34. The highest BCUT2D eigenvalue weighted by molar-refractivity contribution is 7.92. The topological polar surface area (TPSA) is 116 Å². The molecule has 0 fully saturated rings. The zero-order valence-corrected chi connectivity index (χ0v) is 23.2. The molecule has 0 spiro atoms. The summed E-state index contributed by atoms with van der Waals surface area (Å²) < 4.78 is 49.7. The average molecular weight is 582 g/mol. The summed E-state index contributed by atoms with van der Waals surface area (Å²) in [5, 5.41) is 4.67. The van der Waals surface area contributed by atoms with Gasteiger partial charge in [-0.1, -0.05) is 29.3 Å². The molecular formula is C25H25Cl2N3O7S. The van der Waals surface area contributed by atoms with Gasteiger partial charge in [0.15, 0.2) is 11.5 Å². The maximum Gasteiger partial charge on any atom is 0.265 e. The molecule has 0 unspecified atom stereocenters. The number of nitrogens with one attached hydrogen (secondary N) is 1. The van der Waals surface area contributed by atoms with E-state index in [1.54, 1.807) is 18.2 Å². The molecule has 1 amide bonds. The number of methoxy groups -OCH3 is 4. The van der Waals surface area contributed by atoms with Crippen LogP contribution >= 0.6 is 23.2 Å². The number of anilines is 1. The van der Waals surface area contributed by atoms with Crippen molar-refractivity contribution in [3.8, 4) is 23.0 Å². The van der Waals surface area contributed by atoms with E-state index in [4.69, 9.17) is 42.1 Å². The zero-order chi connectivity index (χ0) is 27.9. The van der Waals surface area contributed by atoms with Gasteiger partial charge in [-0.05, 0) is 36.4 Å². The van der Waals surface area contributed by atoms with Crippen molar-refractivity contribution in [2.45, 2.75) is 4.90 Å². The number of hydrazone groups is 1. The Kier molecular flexibility index (Phi) is 9.67. The zero-order valence-electron chi connectivity index (χ0n) is 20.9. The summed E-state index contributed by atoms with van der Waals surface area (Å²) in [6.07, 6.45) is 1.32. The van der Waals surface area contributed by atoms with Gasteiger partial charge in [0.25, 0.3) is 15.9 Å². The van der Waals surface area contributed by atoms with Crippen LogP contribution in [0.2, 0.25) is 10.0 Å². The van der Waals surface area contributed by atoms with Crippen LogP contribution in [-0.2, 0) is 14.8 Å². The molecule has 0 aliphatic heterocycles. The molecule has 0 aliphatic carbocycles. The number of carbonyl (C=O) groups is 1. The molecule has 10 nitrogen and oxygen atoms in total. The van der Waals surface area contributed by atoms with E-state index in [1.807, 2.05) is 0 Å². The fourth-order valence-corrected chi connectivity index (χ4v) is 5.24. The van der Waals surface area contributed by atoms with Crippen molar-refractivity contribution in [3.05, 3.63) is 70.2 Å². The van der Waals surface area contributed by atoms with Gasteiger partial charge < -0.3 is 18.9 Å². The van der Waals surface area contributed by atoms with Crippen LogP contribution < -0.4 is 28.7 Å². The SMILES string of the molecule is COc1ccc(OC)c(N(CC(=O)N/N=C/c2ccc(Cl)cc2Cl)S(=O)(=O)c2ccc(OC)c(OC)c2)c1. The fraction of sp³-hybridized carbons (Fsp3) is 0.200. The first-order valence-corrected chi connectivity index (χ1v) is 13.1. The molecule has 202 valence electrons. The van der Waals surface area contributed by atoms with Crippen LogP contribution in [0.1, 0.15) is 5.56 Å². The molecular weight excluding hydrogens is 557 g/mol. The van der Waals surface area contributed by atoms with Crippen molar-refractivity contribution < 1.29 is 32.2 Å². The maximum atomic E-state index is 13.9. The van der Waals surface area contributed by atoms with Crippen molar-refractivity contribution in [1.29, 1.82) is 0 Å². The van der Waals surface area contributed by atoms with Crippen molar-refractivity contribution in [2.24, 2.45) is 5.10 Å². The van der Waals surface area contributed by atoms with Gasteiger partial charge in [0.05, 0.1) is 50.3 Å². The Labute approximate surface area is 230 Å². The monoisotopic (exact) mass is 581 g/mol. The number of halogens is 2. The van der Waals surface area contributed by atoms with E-state index >= 15 is 0 Å². The molecule has 0 atom stereocenters. The Morgan fingerprint density at radius 2 is 1.58 bits per heavy atom. The molecule has 0 aromatic heterocycles. The first-order valence-electron chi connectivity index (χ1n) is 10.9. The number of benzene rings is 3. The Balaban J connectivity index is 2.01. The molecule has 38 heavy (non-hydrogen) atoms. The van der Waals surface area contributed by atoms with Crippen LogP contribution in [0.3, 0.4) is 0 Å². The summed E-state index contributed by atoms with van der Waals surface area (Å²) in [5.74, 6) is 0.341. The molecule has 0 saturated heterocycles. The van der Waals surface area contributed by atoms with E-state index in [0.717, 1.165) is 4.31 Å². The second-order valence-electron chi connectivity index (χ2n) is 7.53. The molecule has 0 heterocycles. The highest BCUT2D eigenvalue weighted by Gasteiger charge is 2.31. The summed E-state index contributed by atoms with van der Waals surface area (Å²) in [6, 6.07) is 13.4. The molecule has 3 rings (SSSR count). The first-order chi connectivity index (χ1) is 18.1. The molecule has 1 N–H and O–H groups in total. The second kappa shape index (κ2) is 12.7. The van der Waals surface area contributed by atoms with Gasteiger partial charge in [-0.3, -0.25) is 9.10 Å². The number of ether oxygens (including phenoxy) is 4. The number of amides is 1. The van der Waals surface area contributed by atoms with Crippen LogP contribution in [0.15, 0.2) is 64.6 Å². The van der Waals surface area contributed by atoms with Crippen LogP contribution in [0.4, 0.5) is 5.69 Å². The minimum Gasteiger partial charge on any atom is -0.497 e. The predicted molar refractivity (Wildman–Crippen MR) is 146 cm³/mol. The van der Waals surface area contributed by atoms with E-state index < -0.39 is 22.5 Å². The Morgan fingerprint density at radius 1 is 0.895 bits per heavy atom. The van der Waals surface area contributed by atoms with E-state index in [2.05, 4.69) is 10.5 Å². The van der Waals surface area contributed by atoms with E-state index in [1.165, 1.54) is 71.1 Å². The summed E-state index contributed by atoms with van der Waals surface area (Å²) in [5.41, 5.74) is 2.89. The van der Waals surface area contributed by atoms with Gasteiger partial charge in [0, 0.05) is 22.7 Å². The highest BCUT2D eigenvalue weighted by atomic mass is 35.5. The minimum atomic E-state index is -4.34. The lowest BCUT2D eigenvalue weighted by Gasteiger charge is -2.26. The van der Waals surface area contributed by atoms with Crippen molar-refractivity contribution in [1.82, 2.24) is 5.43 Å². The van der Waals surface area contributed by atoms with Gasteiger partial charge in [-0.15, -0.1) is 0 Å². The molecule has 0 saturated carbocycles. The lowest BCUT2D eigenvalue weighted by Crippen LogP contribution is -2.39. The van der Waals surface area contributed by atoms with Crippen molar-refractivity contribution >= 4 is 51.0 Å². The summed E-state index contributed by atoms with van der Waals surface area (Å²) in [6.45, 7) is -0.647. The predicted octanol–water partition coefficient (Wildman–Crippen LogP) is 4.37. The molecule has 3 aromatic rings. The van der Waals surface area contributed by atoms with Crippen LogP contribution in [0, 0.1) is 0 Å². The third-order valence-electron chi connectivity index (χ3n) is 5.24. The smallest absolute Gasteiger partial charge is 0.265 e.